The average Bonchev–Trinajstić information content (AvgIpc) is 3.27. The van der Waals surface area contributed by atoms with Gasteiger partial charge in [-0.1, -0.05) is 77.5 Å². The highest BCUT2D eigenvalue weighted by Crippen LogP contribution is 2.28. The molecule has 0 aliphatic rings. The lowest BCUT2D eigenvalue weighted by atomic mass is 10.2. The van der Waals surface area contributed by atoms with E-state index in [1.165, 1.54) is 16.7 Å². The Morgan fingerprint density at radius 1 is 0.971 bits per heavy atom. The van der Waals surface area contributed by atoms with Gasteiger partial charge in [0.15, 0.2) is 17.6 Å². The summed E-state index contributed by atoms with van der Waals surface area (Å²) in [6.45, 7) is 5.99. The predicted molar refractivity (Wildman–Crippen MR) is 135 cm³/mol. The number of hydrogen-bond acceptors (Lipinski definition) is 5. The third kappa shape index (κ3) is 6.05. The maximum atomic E-state index is 12.5. The summed E-state index contributed by atoms with van der Waals surface area (Å²) in [7, 11) is 0. The van der Waals surface area contributed by atoms with Gasteiger partial charge in [-0.25, -0.2) is 0 Å². The predicted octanol–water partition coefficient (Wildman–Crippen LogP) is 5.43. The summed E-state index contributed by atoms with van der Waals surface area (Å²) in [5.41, 5.74) is 4.59. The Bertz CT molecular complexity index is 1240. The number of benzene rings is 3. The van der Waals surface area contributed by atoms with Gasteiger partial charge in [-0.05, 0) is 50.6 Å². The SMILES string of the molecule is Cc1ccc(-n2c(SCc3cccc(C)c3)nnc2C(C)NC(=O)COc2ccccc2)cc1. The van der Waals surface area contributed by atoms with Gasteiger partial charge in [0.1, 0.15) is 5.75 Å². The molecule has 0 spiro atoms. The maximum absolute atomic E-state index is 12.5. The molecule has 0 aliphatic carbocycles. The molecule has 0 saturated heterocycles. The second-order valence-corrected chi connectivity index (χ2v) is 9.12. The average molecular weight is 473 g/mol. The number of ether oxygens (including phenoxy) is 1. The second kappa shape index (κ2) is 11.0. The van der Waals surface area contributed by atoms with Crippen LogP contribution in [0.1, 0.15) is 35.5 Å². The first-order valence-electron chi connectivity index (χ1n) is 11.2. The molecular weight excluding hydrogens is 444 g/mol. The Kier molecular flexibility index (Phi) is 7.65. The number of carbonyl (C=O) groups excluding carboxylic acids is 1. The number of thioether (sulfide) groups is 1. The zero-order valence-corrected chi connectivity index (χ0v) is 20.4. The van der Waals surface area contributed by atoms with Gasteiger partial charge in [-0.2, -0.15) is 0 Å². The number of rotatable bonds is 9. The number of hydrogen-bond donors (Lipinski definition) is 1. The first-order valence-corrected chi connectivity index (χ1v) is 12.2. The van der Waals surface area contributed by atoms with E-state index in [0.717, 1.165) is 16.6 Å². The molecule has 6 nitrogen and oxygen atoms in total. The van der Waals surface area contributed by atoms with E-state index >= 15 is 0 Å². The topological polar surface area (TPSA) is 69.0 Å². The molecule has 4 aromatic rings. The molecule has 1 aromatic heterocycles. The maximum Gasteiger partial charge on any atom is 0.258 e. The molecule has 174 valence electrons. The van der Waals surface area contributed by atoms with Gasteiger partial charge < -0.3 is 10.1 Å². The van der Waals surface area contributed by atoms with Gasteiger partial charge in [0.25, 0.3) is 5.91 Å². The standard InChI is InChI=1S/C27H28N4O2S/c1-19-12-14-23(15-13-19)31-26(21(3)28-25(32)17-33-24-10-5-4-6-11-24)29-30-27(31)34-18-22-9-7-8-20(2)16-22/h4-16,21H,17-18H2,1-3H3,(H,28,32). The highest BCUT2D eigenvalue weighted by atomic mass is 32.2. The van der Waals surface area contributed by atoms with Crippen LogP contribution in [0.25, 0.3) is 5.69 Å². The molecule has 0 radical (unpaired) electrons. The van der Waals surface area contributed by atoms with Crippen LogP contribution in [0.5, 0.6) is 5.75 Å². The van der Waals surface area contributed by atoms with Crippen molar-refractivity contribution in [3.8, 4) is 11.4 Å². The minimum atomic E-state index is -0.353. The summed E-state index contributed by atoms with van der Waals surface area (Å²) in [5, 5.41) is 12.7. The highest BCUT2D eigenvalue weighted by molar-refractivity contribution is 7.98. The second-order valence-electron chi connectivity index (χ2n) is 8.18. The summed E-state index contributed by atoms with van der Waals surface area (Å²) in [4.78, 5) is 12.5. The van der Waals surface area contributed by atoms with E-state index < -0.39 is 0 Å². The lowest BCUT2D eigenvalue weighted by Crippen LogP contribution is -2.32. The van der Waals surface area contributed by atoms with E-state index in [9.17, 15) is 4.79 Å². The quantitative estimate of drug-likeness (QED) is 0.329. The monoisotopic (exact) mass is 472 g/mol. The number of nitrogens with one attached hydrogen (secondary N) is 1. The Labute approximate surface area is 204 Å². The molecule has 0 aliphatic heterocycles. The minimum Gasteiger partial charge on any atom is -0.484 e. The molecule has 1 amide bonds. The lowest BCUT2D eigenvalue weighted by Gasteiger charge is -2.17. The van der Waals surface area contributed by atoms with Crippen LogP contribution in [-0.4, -0.2) is 27.3 Å². The number of para-hydroxylation sites is 1. The molecule has 7 heteroatoms. The number of amides is 1. The van der Waals surface area contributed by atoms with Gasteiger partial charge in [0.2, 0.25) is 0 Å². The van der Waals surface area contributed by atoms with Gasteiger partial charge in [-0.3, -0.25) is 9.36 Å². The van der Waals surface area contributed by atoms with E-state index in [0.29, 0.717) is 11.6 Å². The fourth-order valence-electron chi connectivity index (χ4n) is 3.55. The van der Waals surface area contributed by atoms with Crippen LogP contribution in [0.3, 0.4) is 0 Å². The van der Waals surface area contributed by atoms with E-state index in [2.05, 4.69) is 65.8 Å². The third-order valence-corrected chi connectivity index (χ3v) is 6.28. The number of nitrogens with zero attached hydrogens (tertiary/aromatic N) is 3. The van der Waals surface area contributed by atoms with Crippen molar-refractivity contribution >= 4 is 17.7 Å². The van der Waals surface area contributed by atoms with E-state index in [1.807, 2.05) is 54.0 Å². The Morgan fingerprint density at radius 3 is 2.47 bits per heavy atom. The van der Waals surface area contributed by atoms with Crippen molar-refractivity contribution in [1.29, 1.82) is 0 Å². The summed E-state index contributed by atoms with van der Waals surface area (Å²) in [6.07, 6.45) is 0. The summed E-state index contributed by atoms with van der Waals surface area (Å²) in [5.74, 6) is 1.88. The van der Waals surface area contributed by atoms with Crippen LogP contribution >= 0.6 is 11.8 Å². The molecule has 1 unspecified atom stereocenters. The first kappa shape index (κ1) is 23.6. The van der Waals surface area contributed by atoms with E-state index in [4.69, 9.17) is 4.74 Å². The highest BCUT2D eigenvalue weighted by Gasteiger charge is 2.21. The van der Waals surface area contributed by atoms with Crippen molar-refractivity contribution in [1.82, 2.24) is 20.1 Å². The summed E-state index contributed by atoms with van der Waals surface area (Å²) < 4.78 is 7.59. The molecule has 34 heavy (non-hydrogen) atoms. The molecule has 1 atom stereocenters. The summed E-state index contributed by atoms with van der Waals surface area (Å²) >= 11 is 1.62. The number of aryl methyl sites for hydroxylation is 2. The molecule has 1 N–H and O–H groups in total. The van der Waals surface area contributed by atoms with Crippen molar-refractivity contribution in [3.63, 3.8) is 0 Å². The van der Waals surface area contributed by atoms with Gasteiger partial charge in [-0.15, -0.1) is 10.2 Å². The Morgan fingerprint density at radius 2 is 1.74 bits per heavy atom. The van der Waals surface area contributed by atoms with Crippen molar-refractivity contribution in [2.45, 2.75) is 37.7 Å². The van der Waals surface area contributed by atoms with Crippen LogP contribution in [0, 0.1) is 13.8 Å². The smallest absolute Gasteiger partial charge is 0.258 e. The Hall–Kier alpha value is -3.58. The molecule has 0 bridgehead atoms. The van der Waals surface area contributed by atoms with E-state index in [-0.39, 0.29) is 18.6 Å². The number of aromatic nitrogens is 3. The molecule has 0 fully saturated rings. The third-order valence-electron chi connectivity index (χ3n) is 5.28. The van der Waals surface area contributed by atoms with Crippen LogP contribution in [-0.2, 0) is 10.5 Å². The molecule has 3 aromatic carbocycles. The zero-order valence-electron chi connectivity index (χ0n) is 19.6. The lowest BCUT2D eigenvalue weighted by molar-refractivity contribution is -0.123. The van der Waals surface area contributed by atoms with Crippen molar-refractivity contribution in [2.75, 3.05) is 6.61 Å². The molecule has 4 rings (SSSR count). The fourth-order valence-corrected chi connectivity index (χ4v) is 4.46. The van der Waals surface area contributed by atoms with Crippen molar-refractivity contribution < 1.29 is 9.53 Å². The van der Waals surface area contributed by atoms with Gasteiger partial charge in [0, 0.05) is 11.4 Å². The molecular formula is C27H28N4O2S. The summed E-state index contributed by atoms with van der Waals surface area (Å²) in [6, 6.07) is 25.6. The van der Waals surface area contributed by atoms with Crippen LogP contribution in [0.2, 0.25) is 0 Å². The molecule has 1 heterocycles. The van der Waals surface area contributed by atoms with Gasteiger partial charge in [0.05, 0.1) is 6.04 Å². The zero-order chi connectivity index (χ0) is 23.9. The fraction of sp³-hybridized carbons (Fsp3) is 0.222. The number of carbonyl (C=O) groups is 1. The minimum absolute atomic E-state index is 0.0675. The van der Waals surface area contributed by atoms with Crippen LogP contribution < -0.4 is 10.1 Å². The first-order chi connectivity index (χ1) is 16.5. The normalized spacial score (nSPS) is 11.7. The van der Waals surface area contributed by atoms with E-state index in [1.54, 1.807) is 11.8 Å². The van der Waals surface area contributed by atoms with Crippen molar-refractivity contribution in [2.24, 2.45) is 0 Å². The van der Waals surface area contributed by atoms with Gasteiger partial charge >= 0.3 is 0 Å². The largest absolute Gasteiger partial charge is 0.484 e. The van der Waals surface area contributed by atoms with Crippen LogP contribution in [0.4, 0.5) is 0 Å². The van der Waals surface area contributed by atoms with Crippen LogP contribution in [0.15, 0.2) is 84.0 Å². The van der Waals surface area contributed by atoms with Crippen molar-refractivity contribution in [3.05, 3.63) is 101 Å². The molecule has 0 saturated carbocycles. The Balaban J connectivity index is 1.52.